The molecular weight excluding hydrogens is 471 g/mol. The fraction of sp³-hybridized carbons (Fsp3) is 0.167. The van der Waals surface area contributed by atoms with E-state index in [0.29, 0.717) is 23.1 Å². The van der Waals surface area contributed by atoms with E-state index in [1.165, 1.54) is 23.9 Å². The number of thiazole rings is 1. The number of thioether (sulfide) groups is 1. The number of carbonyl (C=O) groups is 1. The summed E-state index contributed by atoms with van der Waals surface area (Å²) in [6.45, 7) is 4.16. The van der Waals surface area contributed by atoms with Gasteiger partial charge in [0, 0.05) is 12.2 Å². The zero-order valence-electron chi connectivity index (χ0n) is 18.4. The molecule has 170 valence electrons. The number of amides is 1. The van der Waals surface area contributed by atoms with Crippen LogP contribution in [-0.2, 0) is 11.3 Å². The SMILES string of the molecule is Cc1c(C#N)c(NC(=O)CSc2nnc3sc4ccccc4n23)n(Cc2ccc(F)cc2)c1C. The molecule has 3 aromatic heterocycles. The lowest BCUT2D eigenvalue weighted by Crippen LogP contribution is -2.18. The van der Waals surface area contributed by atoms with Crippen LogP contribution < -0.4 is 5.32 Å². The van der Waals surface area contributed by atoms with Gasteiger partial charge in [-0.05, 0) is 49.2 Å². The molecule has 1 N–H and O–H groups in total. The first-order valence-corrected chi connectivity index (χ1v) is 12.3. The first kappa shape index (κ1) is 22.1. The van der Waals surface area contributed by atoms with Crippen LogP contribution in [0.1, 0.15) is 22.4 Å². The van der Waals surface area contributed by atoms with E-state index in [9.17, 15) is 14.4 Å². The number of hydrogen-bond acceptors (Lipinski definition) is 6. The lowest BCUT2D eigenvalue weighted by Gasteiger charge is -2.13. The van der Waals surface area contributed by atoms with Crippen molar-refractivity contribution in [3.05, 3.63) is 76.7 Å². The fourth-order valence-corrected chi connectivity index (χ4v) is 5.62. The summed E-state index contributed by atoms with van der Waals surface area (Å²) in [5, 5.41) is 21.8. The van der Waals surface area contributed by atoms with Gasteiger partial charge in [0.2, 0.25) is 10.9 Å². The van der Waals surface area contributed by atoms with Crippen molar-refractivity contribution in [2.24, 2.45) is 0 Å². The van der Waals surface area contributed by atoms with E-state index in [0.717, 1.165) is 32.0 Å². The molecule has 3 heterocycles. The summed E-state index contributed by atoms with van der Waals surface area (Å²) >= 11 is 2.83. The average Bonchev–Trinajstić information content (AvgIpc) is 3.46. The van der Waals surface area contributed by atoms with Gasteiger partial charge in [0.25, 0.3) is 0 Å². The van der Waals surface area contributed by atoms with Crippen LogP contribution in [0.4, 0.5) is 10.2 Å². The molecule has 0 saturated carbocycles. The van der Waals surface area contributed by atoms with Gasteiger partial charge in [0.05, 0.1) is 21.5 Å². The number of benzene rings is 2. The Labute approximate surface area is 202 Å². The maximum absolute atomic E-state index is 13.3. The van der Waals surface area contributed by atoms with Crippen molar-refractivity contribution < 1.29 is 9.18 Å². The zero-order valence-corrected chi connectivity index (χ0v) is 20.0. The Kier molecular flexibility index (Phi) is 5.81. The van der Waals surface area contributed by atoms with Gasteiger partial charge >= 0.3 is 0 Å². The van der Waals surface area contributed by atoms with Gasteiger partial charge in [0.1, 0.15) is 17.7 Å². The van der Waals surface area contributed by atoms with Crippen LogP contribution in [0, 0.1) is 31.0 Å². The summed E-state index contributed by atoms with van der Waals surface area (Å²) in [5.41, 5.74) is 3.96. The number of aromatic nitrogens is 4. The van der Waals surface area contributed by atoms with Gasteiger partial charge in [-0.2, -0.15) is 5.26 Å². The van der Waals surface area contributed by atoms with Crippen LogP contribution in [0.5, 0.6) is 0 Å². The molecule has 1 amide bonds. The van der Waals surface area contributed by atoms with Crippen molar-refractivity contribution in [2.75, 3.05) is 11.1 Å². The first-order valence-electron chi connectivity index (χ1n) is 10.5. The smallest absolute Gasteiger partial charge is 0.235 e. The third-order valence-electron chi connectivity index (χ3n) is 5.70. The van der Waals surface area contributed by atoms with E-state index >= 15 is 0 Å². The number of para-hydroxylation sites is 1. The second kappa shape index (κ2) is 8.93. The highest BCUT2D eigenvalue weighted by Gasteiger charge is 2.21. The minimum absolute atomic E-state index is 0.107. The quantitative estimate of drug-likeness (QED) is 0.333. The normalized spacial score (nSPS) is 11.2. The van der Waals surface area contributed by atoms with Gasteiger partial charge in [-0.3, -0.25) is 9.20 Å². The Morgan fingerprint density at radius 3 is 2.71 bits per heavy atom. The average molecular weight is 491 g/mol. The second-order valence-electron chi connectivity index (χ2n) is 7.77. The minimum Gasteiger partial charge on any atom is -0.326 e. The Morgan fingerprint density at radius 1 is 1.18 bits per heavy atom. The molecule has 7 nitrogen and oxygen atoms in total. The number of rotatable bonds is 6. The predicted molar refractivity (Wildman–Crippen MR) is 132 cm³/mol. The Bertz CT molecular complexity index is 1580. The summed E-state index contributed by atoms with van der Waals surface area (Å²) in [4.78, 5) is 13.7. The van der Waals surface area contributed by atoms with E-state index in [1.54, 1.807) is 23.5 Å². The van der Waals surface area contributed by atoms with Gasteiger partial charge in [-0.15, -0.1) is 10.2 Å². The molecule has 0 unspecified atom stereocenters. The number of anilines is 1. The number of nitrogens with zero attached hydrogens (tertiary/aromatic N) is 5. The highest BCUT2D eigenvalue weighted by molar-refractivity contribution is 7.99. The third kappa shape index (κ3) is 3.93. The van der Waals surface area contributed by atoms with Crippen LogP contribution in [0.2, 0.25) is 0 Å². The minimum atomic E-state index is -0.312. The van der Waals surface area contributed by atoms with Crippen LogP contribution in [0.15, 0.2) is 53.7 Å². The van der Waals surface area contributed by atoms with Crippen LogP contribution in [0.3, 0.4) is 0 Å². The van der Waals surface area contributed by atoms with Crippen molar-refractivity contribution in [1.29, 1.82) is 5.26 Å². The Morgan fingerprint density at radius 2 is 1.94 bits per heavy atom. The molecule has 0 atom stereocenters. The monoisotopic (exact) mass is 490 g/mol. The van der Waals surface area contributed by atoms with E-state index in [2.05, 4.69) is 21.6 Å². The predicted octanol–water partition coefficient (Wildman–Crippen LogP) is 5.15. The number of carbonyl (C=O) groups excluding carboxylic acids is 1. The Hall–Kier alpha value is -3.68. The van der Waals surface area contributed by atoms with Crippen molar-refractivity contribution in [3.63, 3.8) is 0 Å². The summed E-state index contributed by atoms with van der Waals surface area (Å²) in [7, 11) is 0. The number of nitrogens with one attached hydrogen (secondary N) is 1. The summed E-state index contributed by atoms with van der Waals surface area (Å²) < 4.78 is 18.3. The van der Waals surface area contributed by atoms with Crippen molar-refractivity contribution >= 4 is 50.0 Å². The molecule has 34 heavy (non-hydrogen) atoms. The topological polar surface area (TPSA) is 88.0 Å². The van der Waals surface area contributed by atoms with Gasteiger partial charge in [-0.1, -0.05) is 47.4 Å². The molecule has 0 aliphatic rings. The van der Waals surface area contributed by atoms with Crippen molar-refractivity contribution in [3.8, 4) is 6.07 Å². The molecule has 0 fully saturated rings. The first-order chi connectivity index (χ1) is 16.5. The standard InChI is InChI=1S/C24H19FN6OS2/c1-14-15(2)30(12-16-7-9-17(25)10-8-16)22(18(14)11-26)27-21(32)13-33-23-28-29-24-31(23)19-5-3-4-6-20(19)34-24/h3-10H,12-13H2,1-2H3,(H,27,32). The van der Waals surface area contributed by atoms with Gasteiger partial charge in [-0.25, -0.2) is 4.39 Å². The van der Waals surface area contributed by atoms with Crippen LogP contribution in [-0.4, -0.2) is 30.8 Å². The van der Waals surface area contributed by atoms with E-state index in [-0.39, 0.29) is 17.5 Å². The number of halogens is 1. The molecule has 0 aliphatic carbocycles. The molecule has 0 aliphatic heterocycles. The molecular formula is C24H19FN6OS2. The maximum atomic E-state index is 13.3. The molecule has 0 saturated heterocycles. The van der Waals surface area contributed by atoms with Crippen molar-refractivity contribution in [1.82, 2.24) is 19.2 Å². The van der Waals surface area contributed by atoms with Gasteiger partial charge < -0.3 is 9.88 Å². The molecule has 0 bridgehead atoms. The summed E-state index contributed by atoms with van der Waals surface area (Å²) in [6.07, 6.45) is 0. The number of nitriles is 1. The van der Waals surface area contributed by atoms with Crippen LogP contribution >= 0.6 is 23.1 Å². The highest BCUT2D eigenvalue weighted by atomic mass is 32.2. The summed E-state index contributed by atoms with van der Waals surface area (Å²) in [5.74, 6) is -0.0146. The van der Waals surface area contributed by atoms with Crippen molar-refractivity contribution in [2.45, 2.75) is 25.5 Å². The van der Waals surface area contributed by atoms with Gasteiger partial charge in [0.15, 0.2) is 5.16 Å². The lowest BCUT2D eigenvalue weighted by molar-refractivity contribution is -0.113. The molecule has 10 heteroatoms. The summed E-state index contributed by atoms with van der Waals surface area (Å²) in [6, 6.07) is 16.4. The van der Waals surface area contributed by atoms with E-state index in [1.807, 2.05) is 47.1 Å². The molecule has 5 aromatic rings. The molecule has 2 aromatic carbocycles. The fourth-order valence-electron chi connectivity index (χ4n) is 3.85. The third-order valence-corrected chi connectivity index (χ3v) is 7.64. The lowest BCUT2D eigenvalue weighted by atomic mass is 10.2. The van der Waals surface area contributed by atoms with E-state index in [4.69, 9.17) is 0 Å². The van der Waals surface area contributed by atoms with Crippen LogP contribution in [0.25, 0.3) is 15.2 Å². The zero-order chi connectivity index (χ0) is 23.8. The van der Waals surface area contributed by atoms with E-state index < -0.39 is 0 Å². The number of fused-ring (bicyclic) bond motifs is 3. The largest absolute Gasteiger partial charge is 0.326 e. The Balaban J connectivity index is 1.38. The molecule has 0 spiro atoms. The molecule has 0 radical (unpaired) electrons. The highest BCUT2D eigenvalue weighted by Crippen LogP contribution is 2.30. The molecule has 5 rings (SSSR count). The second-order valence-corrected chi connectivity index (χ2v) is 9.72. The number of hydrogen-bond donors (Lipinski definition) is 1. The maximum Gasteiger partial charge on any atom is 0.235 e.